The van der Waals surface area contributed by atoms with Crippen molar-refractivity contribution in [3.63, 3.8) is 0 Å². The van der Waals surface area contributed by atoms with E-state index in [9.17, 15) is 4.39 Å². The van der Waals surface area contributed by atoms with Gasteiger partial charge in [0.15, 0.2) is 0 Å². The van der Waals surface area contributed by atoms with Crippen LogP contribution in [0.3, 0.4) is 0 Å². The Hall–Kier alpha value is -0.890. The maximum atomic E-state index is 13.2. The van der Waals surface area contributed by atoms with Crippen molar-refractivity contribution < 1.29 is 4.39 Å². The van der Waals surface area contributed by atoms with Gasteiger partial charge in [0.1, 0.15) is 5.82 Å². The molecule has 1 unspecified atom stereocenters. The molecule has 0 amide bonds. The van der Waals surface area contributed by atoms with Gasteiger partial charge >= 0.3 is 0 Å². The highest BCUT2D eigenvalue weighted by Gasteiger charge is 2.44. The highest BCUT2D eigenvalue weighted by atomic mass is 19.1. The Morgan fingerprint density at radius 2 is 2.00 bits per heavy atom. The van der Waals surface area contributed by atoms with Gasteiger partial charge in [-0.05, 0) is 48.9 Å². The lowest BCUT2D eigenvalue weighted by Crippen LogP contribution is -2.47. The number of hydrogen-bond acceptors (Lipinski definition) is 1. The fourth-order valence-corrected chi connectivity index (χ4v) is 3.69. The smallest absolute Gasteiger partial charge is 0.123 e. The van der Waals surface area contributed by atoms with Crippen molar-refractivity contribution in [2.45, 2.75) is 50.0 Å². The maximum Gasteiger partial charge on any atom is 0.123 e. The predicted molar refractivity (Wildman–Crippen MR) is 62.8 cm³/mol. The Bertz CT molecular complexity index is 407. The first-order chi connectivity index (χ1) is 7.72. The molecule has 0 radical (unpaired) electrons. The number of benzene rings is 1. The van der Waals surface area contributed by atoms with E-state index in [0.29, 0.717) is 0 Å². The molecule has 1 saturated carbocycles. The Morgan fingerprint density at radius 1 is 1.25 bits per heavy atom. The minimum atomic E-state index is -0.109. The Kier molecular flexibility index (Phi) is 2.28. The fraction of sp³-hybridized carbons (Fsp3) is 0.571. The highest BCUT2D eigenvalue weighted by molar-refractivity contribution is 5.40. The lowest BCUT2D eigenvalue weighted by molar-refractivity contribution is 0.312. The normalized spacial score (nSPS) is 27.0. The van der Waals surface area contributed by atoms with Crippen LogP contribution >= 0.6 is 0 Å². The topological polar surface area (TPSA) is 26.0 Å². The molecule has 0 heterocycles. The van der Waals surface area contributed by atoms with Gasteiger partial charge in [0.05, 0.1) is 0 Å². The van der Waals surface area contributed by atoms with Gasteiger partial charge in [0.2, 0.25) is 0 Å². The molecule has 1 fully saturated rings. The summed E-state index contributed by atoms with van der Waals surface area (Å²) in [6, 6.07) is 5.56. The molecule has 2 aliphatic carbocycles. The molecule has 2 N–H and O–H groups in total. The Morgan fingerprint density at radius 3 is 2.75 bits per heavy atom. The van der Waals surface area contributed by atoms with Crippen LogP contribution in [0.2, 0.25) is 0 Å². The van der Waals surface area contributed by atoms with Crippen molar-refractivity contribution in [3.8, 4) is 0 Å². The van der Waals surface area contributed by atoms with E-state index in [-0.39, 0.29) is 17.3 Å². The van der Waals surface area contributed by atoms with E-state index in [0.717, 1.165) is 12.8 Å². The van der Waals surface area contributed by atoms with E-state index in [2.05, 4.69) is 0 Å². The van der Waals surface area contributed by atoms with E-state index < -0.39 is 0 Å². The minimum absolute atomic E-state index is 0.109. The Labute approximate surface area is 95.8 Å². The zero-order valence-corrected chi connectivity index (χ0v) is 9.51. The third-order valence-corrected chi connectivity index (χ3v) is 4.53. The van der Waals surface area contributed by atoms with Crippen LogP contribution in [0.15, 0.2) is 18.2 Å². The van der Waals surface area contributed by atoms with E-state index in [1.165, 1.54) is 36.8 Å². The molecule has 0 saturated heterocycles. The average Bonchev–Trinajstić information content (AvgIpc) is 2.74. The molecule has 2 heteroatoms. The van der Waals surface area contributed by atoms with E-state index in [1.807, 2.05) is 6.07 Å². The van der Waals surface area contributed by atoms with Crippen molar-refractivity contribution in [2.24, 2.45) is 5.73 Å². The van der Waals surface area contributed by atoms with Gasteiger partial charge in [-0.15, -0.1) is 0 Å². The van der Waals surface area contributed by atoms with Crippen LogP contribution in [0.25, 0.3) is 0 Å². The number of rotatable bonds is 0. The van der Waals surface area contributed by atoms with Gasteiger partial charge in [0.25, 0.3) is 0 Å². The summed E-state index contributed by atoms with van der Waals surface area (Å²) >= 11 is 0. The van der Waals surface area contributed by atoms with Crippen molar-refractivity contribution >= 4 is 0 Å². The van der Waals surface area contributed by atoms with Crippen LogP contribution in [0, 0.1) is 5.82 Å². The fourth-order valence-electron chi connectivity index (χ4n) is 3.69. The van der Waals surface area contributed by atoms with Gasteiger partial charge in [-0.25, -0.2) is 4.39 Å². The molecule has 86 valence electrons. The van der Waals surface area contributed by atoms with Crippen LogP contribution in [0.5, 0.6) is 0 Å². The zero-order chi connectivity index (χ0) is 11.2. The van der Waals surface area contributed by atoms with Crippen LogP contribution < -0.4 is 5.73 Å². The van der Waals surface area contributed by atoms with E-state index in [4.69, 9.17) is 5.73 Å². The Balaban J connectivity index is 2.13. The molecule has 1 atom stereocenters. The summed E-state index contributed by atoms with van der Waals surface area (Å²) in [5.74, 6) is -0.109. The number of hydrogen-bond donors (Lipinski definition) is 1. The van der Waals surface area contributed by atoms with Crippen LogP contribution in [0.1, 0.15) is 43.2 Å². The predicted octanol–water partition coefficient (Wildman–Crippen LogP) is 2.91. The summed E-state index contributed by atoms with van der Waals surface area (Å²) in [4.78, 5) is 0. The number of fused-ring (bicyclic) bond motifs is 2. The van der Waals surface area contributed by atoms with E-state index in [1.54, 1.807) is 12.1 Å². The molecule has 1 aromatic rings. The molecule has 0 bridgehead atoms. The largest absolute Gasteiger partial charge is 0.327 e. The van der Waals surface area contributed by atoms with Crippen molar-refractivity contribution in [1.29, 1.82) is 0 Å². The SMILES string of the molecule is NC1CCc2cc(F)ccc2C12CCCC2. The molecule has 2 aliphatic rings. The standard InChI is InChI=1S/C14H18FN/c15-11-4-5-12-10(9-11)3-6-13(16)14(12)7-1-2-8-14/h4-5,9,13H,1-3,6-8,16H2. The molecular formula is C14H18FN. The summed E-state index contributed by atoms with van der Waals surface area (Å²) in [5.41, 5.74) is 9.04. The second kappa shape index (κ2) is 3.56. The van der Waals surface area contributed by atoms with Crippen LogP contribution in [-0.4, -0.2) is 6.04 Å². The van der Waals surface area contributed by atoms with Crippen molar-refractivity contribution in [2.75, 3.05) is 0 Å². The molecule has 1 nitrogen and oxygen atoms in total. The first-order valence-electron chi connectivity index (χ1n) is 6.27. The van der Waals surface area contributed by atoms with Crippen molar-refractivity contribution in [1.82, 2.24) is 0 Å². The number of halogens is 1. The minimum Gasteiger partial charge on any atom is -0.327 e. The van der Waals surface area contributed by atoms with Gasteiger partial charge in [0, 0.05) is 11.5 Å². The molecule has 0 aromatic heterocycles. The first-order valence-corrected chi connectivity index (χ1v) is 6.27. The zero-order valence-electron chi connectivity index (χ0n) is 9.51. The third kappa shape index (κ3) is 1.32. The van der Waals surface area contributed by atoms with Gasteiger partial charge in [-0.1, -0.05) is 18.9 Å². The summed E-state index contributed by atoms with van der Waals surface area (Å²) in [6.07, 6.45) is 6.86. The van der Waals surface area contributed by atoms with Crippen molar-refractivity contribution in [3.05, 3.63) is 35.1 Å². The third-order valence-electron chi connectivity index (χ3n) is 4.53. The number of nitrogens with two attached hydrogens (primary N) is 1. The monoisotopic (exact) mass is 219 g/mol. The second-order valence-electron chi connectivity index (χ2n) is 5.31. The lowest BCUT2D eigenvalue weighted by Gasteiger charge is -2.41. The quantitative estimate of drug-likeness (QED) is 0.713. The first kappa shape index (κ1) is 10.3. The summed E-state index contributed by atoms with van der Waals surface area (Å²) in [5, 5.41) is 0. The lowest BCUT2D eigenvalue weighted by atomic mass is 9.66. The molecule has 3 rings (SSSR count). The summed E-state index contributed by atoms with van der Waals surface area (Å²) in [7, 11) is 0. The molecular weight excluding hydrogens is 201 g/mol. The van der Waals surface area contributed by atoms with Gasteiger partial charge in [-0.3, -0.25) is 0 Å². The van der Waals surface area contributed by atoms with Crippen LogP contribution in [0.4, 0.5) is 4.39 Å². The van der Waals surface area contributed by atoms with Gasteiger partial charge < -0.3 is 5.73 Å². The second-order valence-corrected chi connectivity index (χ2v) is 5.31. The summed E-state index contributed by atoms with van der Waals surface area (Å²) < 4.78 is 13.2. The van der Waals surface area contributed by atoms with Gasteiger partial charge in [-0.2, -0.15) is 0 Å². The van der Waals surface area contributed by atoms with E-state index >= 15 is 0 Å². The molecule has 0 aliphatic heterocycles. The molecule has 1 aromatic carbocycles. The van der Waals surface area contributed by atoms with Crippen LogP contribution in [-0.2, 0) is 11.8 Å². The maximum absolute atomic E-state index is 13.2. The highest BCUT2D eigenvalue weighted by Crippen LogP contribution is 2.48. The summed E-state index contributed by atoms with van der Waals surface area (Å²) in [6.45, 7) is 0. The molecule has 1 spiro atoms. The molecule has 16 heavy (non-hydrogen) atoms. The average molecular weight is 219 g/mol. The number of aryl methyl sites for hydroxylation is 1.